The number of methoxy groups -OCH3 is 1. The van der Waals surface area contributed by atoms with Crippen LogP contribution in [0.3, 0.4) is 0 Å². The van der Waals surface area contributed by atoms with Gasteiger partial charge in [0.25, 0.3) is 10.0 Å². The van der Waals surface area contributed by atoms with Gasteiger partial charge in [-0.25, -0.2) is 12.8 Å². The van der Waals surface area contributed by atoms with E-state index < -0.39 is 22.5 Å². The number of rotatable bonds is 9. The molecule has 0 bridgehead atoms. The van der Waals surface area contributed by atoms with Crippen molar-refractivity contribution in [2.45, 2.75) is 18.2 Å². The zero-order valence-corrected chi connectivity index (χ0v) is 18.7. The fourth-order valence-electron chi connectivity index (χ4n) is 3.16. The van der Waals surface area contributed by atoms with Gasteiger partial charge in [-0.3, -0.25) is 9.10 Å². The first kappa shape index (κ1) is 23.3. The highest BCUT2D eigenvalue weighted by molar-refractivity contribution is 7.92. The molecule has 3 aromatic rings. The Morgan fingerprint density at radius 3 is 2.31 bits per heavy atom. The molecular formula is C24H25FN2O4S. The number of aryl methyl sites for hydroxylation is 1. The molecule has 1 amide bonds. The maximum Gasteiger partial charge on any atom is 0.264 e. The van der Waals surface area contributed by atoms with Crippen molar-refractivity contribution in [3.8, 4) is 5.75 Å². The Hall–Kier alpha value is -3.39. The Morgan fingerprint density at radius 1 is 1.00 bits per heavy atom. The number of carbonyl (C=O) groups excluding carboxylic acids is 1. The van der Waals surface area contributed by atoms with Crippen LogP contribution in [0.2, 0.25) is 0 Å². The molecule has 0 atom stereocenters. The van der Waals surface area contributed by atoms with Crippen molar-refractivity contribution >= 4 is 21.6 Å². The number of nitrogens with zero attached hydrogens (tertiary/aromatic N) is 1. The van der Waals surface area contributed by atoms with Crippen LogP contribution < -0.4 is 14.4 Å². The van der Waals surface area contributed by atoms with Crippen LogP contribution in [-0.2, 0) is 21.2 Å². The van der Waals surface area contributed by atoms with Crippen LogP contribution in [0.5, 0.6) is 5.75 Å². The molecule has 0 saturated heterocycles. The zero-order valence-electron chi connectivity index (χ0n) is 17.9. The molecule has 0 saturated carbocycles. The van der Waals surface area contributed by atoms with Crippen LogP contribution >= 0.6 is 0 Å². The van der Waals surface area contributed by atoms with E-state index in [1.165, 1.54) is 31.4 Å². The summed E-state index contributed by atoms with van der Waals surface area (Å²) in [5.74, 6) is -0.456. The summed E-state index contributed by atoms with van der Waals surface area (Å²) in [6.45, 7) is 1.73. The molecule has 32 heavy (non-hydrogen) atoms. The Labute approximate surface area is 187 Å². The minimum absolute atomic E-state index is 0.0770. The van der Waals surface area contributed by atoms with Gasteiger partial charge in [0.05, 0.1) is 17.7 Å². The summed E-state index contributed by atoms with van der Waals surface area (Å²) in [5, 5.41) is 2.74. The van der Waals surface area contributed by atoms with Crippen molar-refractivity contribution in [1.29, 1.82) is 0 Å². The topological polar surface area (TPSA) is 75.7 Å². The number of nitrogens with one attached hydrogen (secondary N) is 1. The first-order valence-corrected chi connectivity index (χ1v) is 11.5. The minimum atomic E-state index is -4.03. The second-order valence-corrected chi connectivity index (χ2v) is 9.09. The van der Waals surface area contributed by atoms with Crippen LogP contribution in [0.15, 0.2) is 77.7 Å². The van der Waals surface area contributed by atoms with Gasteiger partial charge in [-0.1, -0.05) is 42.0 Å². The number of benzene rings is 3. The highest BCUT2D eigenvalue weighted by atomic mass is 32.2. The van der Waals surface area contributed by atoms with E-state index in [0.29, 0.717) is 12.2 Å². The largest absolute Gasteiger partial charge is 0.495 e. The molecule has 0 unspecified atom stereocenters. The highest BCUT2D eigenvalue weighted by Gasteiger charge is 2.29. The quantitative estimate of drug-likeness (QED) is 0.533. The number of para-hydroxylation sites is 2. The molecule has 0 aliphatic heterocycles. The lowest BCUT2D eigenvalue weighted by Crippen LogP contribution is -2.41. The third-order valence-electron chi connectivity index (χ3n) is 4.90. The van der Waals surface area contributed by atoms with Crippen LogP contribution in [-0.4, -0.2) is 34.5 Å². The summed E-state index contributed by atoms with van der Waals surface area (Å²) in [6, 6.07) is 19.1. The molecule has 3 rings (SSSR count). The van der Waals surface area contributed by atoms with Gasteiger partial charge < -0.3 is 10.1 Å². The molecule has 1 N–H and O–H groups in total. The summed E-state index contributed by atoms with van der Waals surface area (Å²) < 4.78 is 46.3. The lowest BCUT2D eigenvalue weighted by molar-refractivity contribution is -0.119. The lowest BCUT2D eigenvalue weighted by Gasteiger charge is -2.25. The summed E-state index contributed by atoms with van der Waals surface area (Å²) in [5.41, 5.74) is 2.05. The van der Waals surface area contributed by atoms with Crippen molar-refractivity contribution in [2.75, 3.05) is 24.5 Å². The first-order valence-electron chi connectivity index (χ1n) is 10.0. The number of carbonyl (C=O) groups is 1. The Kier molecular flexibility index (Phi) is 7.48. The second kappa shape index (κ2) is 10.3. The number of sulfonamides is 1. The van der Waals surface area contributed by atoms with Crippen molar-refractivity contribution < 1.29 is 22.3 Å². The minimum Gasteiger partial charge on any atom is -0.495 e. The molecule has 3 aromatic carbocycles. The molecule has 0 aliphatic rings. The Bertz CT molecular complexity index is 1160. The van der Waals surface area contributed by atoms with E-state index in [4.69, 9.17) is 4.74 Å². The van der Waals surface area contributed by atoms with E-state index in [1.54, 1.807) is 48.5 Å². The molecule has 168 valence electrons. The monoisotopic (exact) mass is 456 g/mol. The van der Waals surface area contributed by atoms with E-state index in [0.717, 1.165) is 15.4 Å². The predicted molar refractivity (Wildman–Crippen MR) is 122 cm³/mol. The smallest absolute Gasteiger partial charge is 0.264 e. The van der Waals surface area contributed by atoms with Crippen molar-refractivity contribution in [3.63, 3.8) is 0 Å². The normalized spacial score (nSPS) is 11.1. The van der Waals surface area contributed by atoms with E-state index >= 15 is 0 Å². The maximum atomic E-state index is 13.4. The molecule has 0 heterocycles. The summed E-state index contributed by atoms with van der Waals surface area (Å²) in [4.78, 5) is 12.8. The van der Waals surface area contributed by atoms with Gasteiger partial charge in [-0.15, -0.1) is 0 Å². The van der Waals surface area contributed by atoms with E-state index in [-0.39, 0.29) is 22.9 Å². The predicted octanol–water partition coefficient (Wildman–Crippen LogP) is 3.70. The fraction of sp³-hybridized carbons (Fsp3) is 0.208. The molecule has 0 spiro atoms. The third kappa shape index (κ3) is 5.64. The number of amides is 1. The number of halogens is 1. The van der Waals surface area contributed by atoms with Gasteiger partial charge >= 0.3 is 0 Å². The van der Waals surface area contributed by atoms with Crippen molar-refractivity contribution in [3.05, 3.63) is 89.7 Å². The second-order valence-electron chi connectivity index (χ2n) is 7.22. The Morgan fingerprint density at radius 2 is 1.66 bits per heavy atom. The molecule has 0 fully saturated rings. The number of hydrogen-bond donors (Lipinski definition) is 1. The average Bonchev–Trinajstić information content (AvgIpc) is 2.79. The van der Waals surface area contributed by atoms with Crippen molar-refractivity contribution in [1.82, 2.24) is 5.32 Å². The molecule has 0 radical (unpaired) electrons. The number of hydrogen-bond acceptors (Lipinski definition) is 4. The van der Waals surface area contributed by atoms with Gasteiger partial charge in [-0.05, 0) is 55.3 Å². The van der Waals surface area contributed by atoms with Gasteiger partial charge in [-0.2, -0.15) is 0 Å². The standard InChI is InChI=1S/C24H25FN2O4S/c1-18-7-13-21(14-8-18)32(29,30)27(22-5-3-4-6-23(22)31-2)17-24(28)26-16-15-19-9-11-20(25)12-10-19/h3-14H,15-17H2,1-2H3,(H,26,28). The van der Waals surface area contributed by atoms with Crippen LogP contribution in [0.4, 0.5) is 10.1 Å². The number of ether oxygens (including phenoxy) is 1. The maximum absolute atomic E-state index is 13.4. The van der Waals surface area contributed by atoms with Crippen LogP contribution in [0.1, 0.15) is 11.1 Å². The molecular weight excluding hydrogens is 431 g/mol. The van der Waals surface area contributed by atoms with Crippen LogP contribution in [0, 0.1) is 12.7 Å². The van der Waals surface area contributed by atoms with Crippen molar-refractivity contribution in [2.24, 2.45) is 0 Å². The zero-order chi connectivity index (χ0) is 23.1. The SMILES string of the molecule is COc1ccccc1N(CC(=O)NCCc1ccc(F)cc1)S(=O)(=O)c1ccc(C)cc1. The van der Waals surface area contributed by atoms with E-state index in [2.05, 4.69) is 5.32 Å². The van der Waals surface area contributed by atoms with Gasteiger partial charge in [0.1, 0.15) is 18.1 Å². The third-order valence-corrected chi connectivity index (χ3v) is 6.67. The van der Waals surface area contributed by atoms with E-state index in [9.17, 15) is 17.6 Å². The van der Waals surface area contributed by atoms with Gasteiger partial charge in [0, 0.05) is 6.54 Å². The first-order chi connectivity index (χ1) is 15.3. The fourth-order valence-corrected chi connectivity index (χ4v) is 4.59. The molecule has 0 aliphatic carbocycles. The Balaban J connectivity index is 1.81. The molecule has 6 nitrogen and oxygen atoms in total. The van der Waals surface area contributed by atoms with Crippen LogP contribution in [0.25, 0.3) is 0 Å². The van der Waals surface area contributed by atoms with E-state index in [1.807, 2.05) is 6.92 Å². The molecule has 8 heteroatoms. The average molecular weight is 457 g/mol. The summed E-state index contributed by atoms with van der Waals surface area (Å²) >= 11 is 0. The summed E-state index contributed by atoms with van der Waals surface area (Å²) in [7, 11) is -2.59. The summed E-state index contributed by atoms with van der Waals surface area (Å²) in [6.07, 6.45) is 0.491. The lowest BCUT2D eigenvalue weighted by atomic mass is 10.1. The molecule has 0 aromatic heterocycles. The number of anilines is 1. The highest BCUT2D eigenvalue weighted by Crippen LogP contribution is 2.32. The van der Waals surface area contributed by atoms with Gasteiger partial charge in [0.2, 0.25) is 5.91 Å². The van der Waals surface area contributed by atoms with Gasteiger partial charge in [0.15, 0.2) is 0 Å².